The van der Waals surface area contributed by atoms with E-state index in [9.17, 15) is 5.11 Å². The van der Waals surface area contributed by atoms with Crippen LogP contribution >= 0.6 is 15.9 Å². The van der Waals surface area contributed by atoms with Gasteiger partial charge in [0.1, 0.15) is 0 Å². The van der Waals surface area contributed by atoms with Crippen molar-refractivity contribution in [2.24, 2.45) is 0 Å². The minimum atomic E-state index is -0.0861. The van der Waals surface area contributed by atoms with Crippen LogP contribution in [0.2, 0.25) is 0 Å². The molecule has 3 heteroatoms. The number of nitrogens with zero attached hydrogens (tertiary/aromatic N) is 1. The normalized spacial score (nSPS) is 32.6. The molecule has 2 aliphatic rings. The fourth-order valence-electron chi connectivity index (χ4n) is 3.39. The van der Waals surface area contributed by atoms with Crippen molar-refractivity contribution in [1.29, 1.82) is 0 Å². The average Bonchev–Trinajstić information content (AvgIpc) is 2.29. The molecule has 3 atom stereocenters. The number of hydrogen-bond acceptors (Lipinski definition) is 2. The summed E-state index contributed by atoms with van der Waals surface area (Å²) in [5.74, 6) is 0. The topological polar surface area (TPSA) is 23.5 Å². The highest BCUT2D eigenvalue weighted by Crippen LogP contribution is 2.37. The Labute approximate surface area is 111 Å². The van der Waals surface area contributed by atoms with Crippen LogP contribution < -0.4 is 4.90 Å². The van der Waals surface area contributed by atoms with Crippen molar-refractivity contribution in [3.8, 4) is 0 Å². The van der Waals surface area contributed by atoms with Crippen LogP contribution in [0.3, 0.4) is 0 Å². The zero-order valence-electron chi connectivity index (χ0n) is 9.85. The maximum absolute atomic E-state index is 9.89. The third-order valence-corrected chi connectivity index (χ3v) is 4.60. The molecular formula is C14H18BrNO. The van der Waals surface area contributed by atoms with E-state index in [1.165, 1.54) is 24.9 Å². The summed E-state index contributed by atoms with van der Waals surface area (Å²) >= 11 is 3.48. The van der Waals surface area contributed by atoms with Gasteiger partial charge in [0.25, 0.3) is 0 Å². The number of fused-ring (bicyclic) bond motifs is 2. The number of anilines is 1. The molecule has 1 aromatic rings. The first-order valence-corrected chi connectivity index (χ1v) is 7.25. The van der Waals surface area contributed by atoms with E-state index >= 15 is 0 Å². The van der Waals surface area contributed by atoms with Gasteiger partial charge in [-0.2, -0.15) is 0 Å². The number of rotatable bonds is 1. The van der Waals surface area contributed by atoms with Gasteiger partial charge in [-0.3, -0.25) is 0 Å². The Morgan fingerprint density at radius 2 is 1.65 bits per heavy atom. The van der Waals surface area contributed by atoms with Gasteiger partial charge in [-0.05, 0) is 56.4 Å². The number of hydrogen-bond donors (Lipinski definition) is 1. The van der Waals surface area contributed by atoms with Gasteiger partial charge in [-0.15, -0.1) is 0 Å². The Morgan fingerprint density at radius 1 is 1.06 bits per heavy atom. The molecule has 1 aromatic carbocycles. The number of piperidine rings is 2. The van der Waals surface area contributed by atoms with Crippen molar-refractivity contribution in [1.82, 2.24) is 0 Å². The summed E-state index contributed by atoms with van der Waals surface area (Å²) in [4.78, 5) is 2.54. The van der Waals surface area contributed by atoms with Gasteiger partial charge in [-0.25, -0.2) is 0 Å². The molecule has 2 fully saturated rings. The monoisotopic (exact) mass is 295 g/mol. The van der Waals surface area contributed by atoms with E-state index in [1.54, 1.807) is 0 Å². The second kappa shape index (κ2) is 4.62. The molecule has 17 heavy (non-hydrogen) atoms. The molecule has 1 N–H and O–H groups in total. The molecule has 0 aromatic heterocycles. The van der Waals surface area contributed by atoms with E-state index < -0.39 is 0 Å². The van der Waals surface area contributed by atoms with Gasteiger partial charge in [0.05, 0.1) is 6.10 Å². The van der Waals surface area contributed by atoms with Crippen molar-refractivity contribution < 1.29 is 5.11 Å². The van der Waals surface area contributed by atoms with E-state index in [2.05, 4.69) is 45.1 Å². The van der Waals surface area contributed by atoms with E-state index in [1.807, 2.05) is 0 Å². The van der Waals surface area contributed by atoms with Crippen LogP contribution in [-0.2, 0) is 0 Å². The summed E-state index contributed by atoms with van der Waals surface area (Å²) in [5, 5.41) is 9.89. The highest BCUT2D eigenvalue weighted by Gasteiger charge is 2.37. The zero-order chi connectivity index (χ0) is 11.8. The van der Waals surface area contributed by atoms with Crippen molar-refractivity contribution >= 4 is 21.6 Å². The Bertz CT molecular complexity index is 378. The molecule has 2 aliphatic heterocycles. The minimum absolute atomic E-state index is 0.0861. The Morgan fingerprint density at radius 3 is 2.24 bits per heavy atom. The summed E-state index contributed by atoms with van der Waals surface area (Å²) in [6.45, 7) is 0. The highest BCUT2D eigenvalue weighted by molar-refractivity contribution is 9.10. The van der Waals surface area contributed by atoms with Crippen molar-refractivity contribution in [3.63, 3.8) is 0 Å². The molecule has 0 aliphatic carbocycles. The Balaban J connectivity index is 1.89. The first-order chi connectivity index (χ1) is 8.24. The molecule has 0 spiro atoms. The van der Waals surface area contributed by atoms with Crippen LogP contribution in [-0.4, -0.2) is 23.3 Å². The third-order valence-electron chi connectivity index (χ3n) is 4.07. The van der Waals surface area contributed by atoms with Gasteiger partial charge >= 0.3 is 0 Å². The maximum atomic E-state index is 9.89. The lowest BCUT2D eigenvalue weighted by molar-refractivity contribution is 0.0928. The lowest BCUT2D eigenvalue weighted by Gasteiger charge is -2.49. The summed E-state index contributed by atoms with van der Waals surface area (Å²) in [5.41, 5.74) is 1.31. The smallest absolute Gasteiger partial charge is 0.0579 e. The van der Waals surface area contributed by atoms with Crippen LogP contribution in [0.15, 0.2) is 28.7 Å². The fourth-order valence-corrected chi connectivity index (χ4v) is 3.65. The third kappa shape index (κ3) is 2.23. The standard InChI is InChI=1S/C14H18BrNO/c15-10-4-6-11(7-5-10)16-12-2-1-3-13(16)9-14(17)8-12/h4-7,12-14,17H,1-3,8-9H2/t12-,13+,14-. The molecule has 2 saturated heterocycles. The molecule has 0 amide bonds. The lowest BCUT2D eigenvalue weighted by Crippen LogP contribution is -2.53. The summed E-state index contributed by atoms with van der Waals surface area (Å²) in [6.07, 6.45) is 5.55. The predicted octanol–water partition coefficient (Wildman–Crippen LogP) is 3.33. The van der Waals surface area contributed by atoms with Crippen molar-refractivity contribution in [3.05, 3.63) is 28.7 Å². The summed E-state index contributed by atoms with van der Waals surface area (Å²) in [6, 6.07) is 9.67. The summed E-state index contributed by atoms with van der Waals surface area (Å²) in [7, 11) is 0. The maximum Gasteiger partial charge on any atom is 0.0579 e. The molecule has 2 bridgehead atoms. The van der Waals surface area contributed by atoms with Crippen LogP contribution in [0.4, 0.5) is 5.69 Å². The SMILES string of the molecule is O[C@@H]1C[C@H]2CCC[C@@H](C1)N2c1ccc(Br)cc1. The second-order valence-electron chi connectivity index (χ2n) is 5.25. The molecule has 2 nitrogen and oxygen atoms in total. The van der Waals surface area contributed by atoms with E-state index in [4.69, 9.17) is 0 Å². The average molecular weight is 296 g/mol. The molecule has 2 heterocycles. The van der Waals surface area contributed by atoms with E-state index in [0.717, 1.165) is 17.3 Å². The number of aliphatic hydroxyl groups is 1. The van der Waals surface area contributed by atoms with Gasteiger partial charge in [0.15, 0.2) is 0 Å². The first kappa shape index (κ1) is 11.5. The molecule has 92 valence electrons. The zero-order valence-corrected chi connectivity index (χ0v) is 11.4. The van der Waals surface area contributed by atoms with Gasteiger partial charge in [0, 0.05) is 22.2 Å². The van der Waals surface area contributed by atoms with Crippen LogP contribution in [0.1, 0.15) is 32.1 Å². The number of benzene rings is 1. The van der Waals surface area contributed by atoms with Crippen molar-refractivity contribution in [2.45, 2.75) is 50.3 Å². The summed E-state index contributed by atoms with van der Waals surface area (Å²) < 4.78 is 1.13. The largest absolute Gasteiger partial charge is 0.393 e. The molecular weight excluding hydrogens is 278 g/mol. The quantitative estimate of drug-likeness (QED) is 0.859. The van der Waals surface area contributed by atoms with E-state index in [-0.39, 0.29) is 6.10 Å². The molecule has 3 rings (SSSR count). The predicted molar refractivity (Wildman–Crippen MR) is 73.3 cm³/mol. The number of aliphatic hydroxyl groups excluding tert-OH is 1. The Kier molecular flexibility index (Phi) is 3.14. The lowest BCUT2D eigenvalue weighted by atomic mass is 9.82. The molecule has 0 radical (unpaired) electrons. The van der Waals surface area contributed by atoms with Gasteiger partial charge in [0.2, 0.25) is 0 Å². The Hall–Kier alpha value is -0.540. The minimum Gasteiger partial charge on any atom is -0.393 e. The van der Waals surface area contributed by atoms with E-state index in [0.29, 0.717) is 12.1 Å². The molecule has 0 unspecified atom stereocenters. The first-order valence-electron chi connectivity index (χ1n) is 6.46. The van der Waals surface area contributed by atoms with Crippen LogP contribution in [0.5, 0.6) is 0 Å². The second-order valence-corrected chi connectivity index (χ2v) is 6.16. The number of halogens is 1. The van der Waals surface area contributed by atoms with Crippen LogP contribution in [0, 0.1) is 0 Å². The van der Waals surface area contributed by atoms with Gasteiger partial charge in [-0.1, -0.05) is 15.9 Å². The molecule has 0 saturated carbocycles. The fraction of sp³-hybridized carbons (Fsp3) is 0.571. The van der Waals surface area contributed by atoms with Crippen LogP contribution in [0.25, 0.3) is 0 Å². The van der Waals surface area contributed by atoms with Crippen molar-refractivity contribution in [2.75, 3.05) is 4.90 Å². The van der Waals surface area contributed by atoms with Gasteiger partial charge < -0.3 is 10.0 Å². The highest BCUT2D eigenvalue weighted by atomic mass is 79.9.